The first kappa shape index (κ1) is 14.4. The molecule has 0 bridgehead atoms. The summed E-state index contributed by atoms with van der Waals surface area (Å²) in [7, 11) is 0. The number of carboxylic acid groups (broad SMARTS) is 3. The normalized spacial score (nSPS) is 21.0. The lowest BCUT2D eigenvalue weighted by Gasteiger charge is -2.34. The third-order valence-corrected chi connectivity index (χ3v) is 4.47. The summed E-state index contributed by atoms with van der Waals surface area (Å²) in [5.41, 5.74) is -1.32. The van der Waals surface area contributed by atoms with Gasteiger partial charge in [-0.25, -0.2) is 4.79 Å². The van der Waals surface area contributed by atoms with Gasteiger partial charge in [0.1, 0.15) is 5.41 Å². The van der Waals surface area contributed by atoms with E-state index in [1.807, 2.05) is 0 Å². The SMILES string of the molecule is O=C(O)CC1(C(=O)O)CCSc2ccc(C(=O)O)cc21. The van der Waals surface area contributed by atoms with E-state index in [0.29, 0.717) is 10.6 Å². The van der Waals surface area contributed by atoms with E-state index in [2.05, 4.69) is 0 Å². The number of carboxylic acids is 3. The Bertz CT molecular complexity index is 597. The summed E-state index contributed by atoms with van der Waals surface area (Å²) in [6, 6.07) is 4.22. The lowest BCUT2D eigenvalue weighted by Crippen LogP contribution is -2.41. The van der Waals surface area contributed by atoms with Crippen LogP contribution in [0, 0.1) is 0 Å². The molecule has 7 heteroatoms. The minimum atomic E-state index is -1.56. The largest absolute Gasteiger partial charge is 0.481 e. The first-order chi connectivity index (χ1) is 9.36. The Labute approximate surface area is 118 Å². The number of rotatable bonds is 4. The number of carbonyl (C=O) groups is 3. The highest BCUT2D eigenvalue weighted by Gasteiger charge is 2.46. The third kappa shape index (κ3) is 2.36. The lowest BCUT2D eigenvalue weighted by molar-refractivity contribution is -0.150. The zero-order valence-corrected chi connectivity index (χ0v) is 11.1. The van der Waals surface area contributed by atoms with Crippen LogP contribution in [0.4, 0.5) is 0 Å². The molecule has 0 radical (unpaired) electrons. The van der Waals surface area contributed by atoms with Crippen molar-refractivity contribution in [1.29, 1.82) is 0 Å². The van der Waals surface area contributed by atoms with Crippen molar-refractivity contribution in [3.8, 4) is 0 Å². The number of thioether (sulfide) groups is 1. The fourth-order valence-corrected chi connectivity index (χ4v) is 3.62. The molecule has 0 aliphatic carbocycles. The van der Waals surface area contributed by atoms with E-state index in [0.717, 1.165) is 0 Å². The fourth-order valence-electron chi connectivity index (χ4n) is 2.37. The second kappa shape index (κ2) is 5.16. The van der Waals surface area contributed by atoms with E-state index < -0.39 is 29.7 Å². The van der Waals surface area contributed by atoms with Gasteiger partial charge in [0.15, 0.2) is 0 Å². The zero-order valence-electron chi connectivity index (χ0n) is 10.3. The predicted octanol–water partition coefficient (Wildman–Crippen LogP) is 1.68. The molecule has 1 aliphatic rings. The molecular weight excluding hydrogens is 284 g/mol. The second-order valence-corrected chi connectivity index (χ2v) is 5.71. The molecule has 0 saturated heterocycles. The monoisotopic (exact) mass is 296 g/mol. The Morgan fingerprint density at radius 2 is 1.90 bits per heavy atom. The molecule has 20 heavy (non-hydrogen) atoms. The van der Waals surface area contributed by atoms with Gasteiger partial charge in [-0.2, -0.15) is 0 Å². The summed E-state index contributed by atoms with van der Waals surface area (Å²) in [5.74, 6) is -3.13. The maximum atomic E-state index is 11.6. The van der Waals surface area contributed by atoms with Gasteiger partial charge in [0, 0.05) is 4.90 Å². The van der Waals surface area contributed by atoms with Crippen LogP contribution in [0.5, 0.6) is 0 Å². The number of benzene rings is 1. The van der Waals surface area contributed by atoms with Gasteiger partial charge < -0.3 is 15.3 Å². The molecule has 0 fully saturated rings. The second-order valence-electron chi connectivity index (χ2n) is 4.57. The first-order valence-corrected chi connectivity index (χ1v) is 6.81. The van der Waals surface area contributed by atoms with Crippen molar-refractivity contribution in [2.75, 3.05) is 5.75 Å². The highest BCUT2D eigenvalue weighted by molar-refractivity contribution is 7.99. The van der Waals surface area contributed by atoms with E-state index in [1.54, 1.807) is 6.07 Å². The molecule has 1 aromatic rings. The maximum absolute atomic E-state index is 11.6. The number of hydrogen-bond donors (Lipinski definition) is 3. The minimum absolute atomic E-state index is 0.0396. The van der Waals surface area contributed by atoms with Crippen LogP contribution in [0.3, 0.4) is 0 Å². The molecule has 1 aromatic carbocycles. The van der Waals surface area contributed by atoms with Crippen LogP contribution >= 0.6 is 11.8 Å². The molecule has 3 N–H and O–H groups in total. The van der Waals surface area contributed by atoms with Crippen LogP contribution in [-0.2, 0) is 15.0 Å². The lowest BCUT2D eigenvalue weighted by atomic mass is 9.74. The van der Waals surface area contributed by atoms with E-state index >= 15 is 0 Å². The van der Waals surface area contributed by atoms with Crippen LogP contribution in [0.15, 0.2) is 23.1 Å². The van der Waals surface area contributed by atoms with Crippen molar-refractivity contribution in [3.63, 3.8) is 0 Å². The van der Waals surface area contributed by atoms with Gasteiger partial charge in [0.25, 0.3) is 0 Å². The zero-order chi connectivity index (χ0) is 14.9. The van der Waals surface area contributed by atoms with Gasteiger partial charge in [-0.1, -0.05) is 0 Å². The maximum Gasteiger partial charge on any atom is 0.335 e. The van der Waals surface area contributed by atoms with E-state index in [-0.39, 0.29) is 17.5 Å². The third-order valence-electron chi connectivity index (χ3n) is 3.39. The molecule has 2 rings (SSSR count). The predicted molar refractivity (Wildman–Crippen MR) is 70.3 cm³/mol. The summed E-state index contributed by atoms with van der Waals surface area (Å²) in [6.45, 7) is 0. The van der Waals surface area contributed by atoms with E-state index in [1.165, 1.54) is 23.9 Å². The van der Waals surface area contributed by atoms with Crippen LogP contribution in [0.2, 0.25) is 0 Å². The fraction of sp³-hybridized carbons (Fsp3) is 0.308. The van der Waals surface area contributed by atoms with Gasteiger partial charge in [-0.3, -0.25) is 9.59 Å². The van der Waals surface area contributed by atoms with Crippen LogP contribution in [0.25, 0.3) is 0 Å². The molecule has 0 amide bonds. The van der Waals surface area contributed by atoms with Crippen molar-refractivity contribution in [2.45, 2.75) is 23.2 Å². The Kier molecular flexibility index (Phi) is 3.71. The van der Waals surface area contributed by atoms with Crippen molar-refractivity contribution in [1.82, 2.24) is 0 Å². The highest BCUT2D eigenvalue weighted by atomic mass is 32.2. The average Bonchev–Trinajstić information content (AvgIpc) is 2.37. The van der Waals surface area contributed by atoms with E-state index in [9.17, 15) is 19.5 Å². The Morgan fingerprint density at radius 3 is 2.45 bits per heavy atom. The molecule has 0 spiro atoms. The quantitative estimate of drug-likeness (QED) is 0.774. The van der Waals surface area contributed by atoms with Gasteiger partial charge >= 0.3 is 17.9 Å². The van der Waals surface area contributed by atoms with Crippen LogP contribution in [0.1, 0.15) is 28.8 Å². The Morgan fingerprint density at radius 1 is 1.20 bits per heavy atom. The molecular formula is C13H12O6S. The molecule has 0 saturated carbocycles. The molecule has 1 unspecified atom stereocenters. The van der Waals surface area contributed by atoms with E-state index in [4.69, 9.17) is 10.2 Å². The molecule has 1 heterocycles. The van der Waals surface area contributed by atoms with Gasteiger partial charge in [-0.05, 0) is 35.9 Å². The molecule has 6 nitrogen and oxygen atoms in total. The Balaban J connectivity index is 2.63. The summed E-state index contributed by atoms with van der Waals surface area (Å²) >= 11 is 1.41. The number of hydrogen-bond acceptors (Lipinski definition) is 4. The molecule has 106 valence electrons. The first-order valence-electron chi connectivity index (χ1n) is 5.82. The van der Waals surface area contributed by atoms with Crippen molar-refractivity contribution in [2.24, 2.45) is 0 Å². The van der Waals surface area contributed by atoms with Crippen molar-refractivity contribution < 1.29 is 29.7 Å². The summed E-state index contributed by atoms with van der Waals surface area (Å²) in [6.07, 6.45) is -0.395. The number of aromatic carboxylic acids is 1. The number of fused-ring (bicyclic) bond motifs is 1. The average molecular weight is 296 g/mol. The molecule has 1 aliphatic heterocycles. The summed E-state index contributed by atoms with van der Waals surface area (Å²) < 4.78 is 0. The molecule has 0 aromatic heterocycles. The van der Waals surface area contributed by atoms with Gasteiger partial charge in [0.05, 0.1) is 12.0 Å². The minimum Gasteiger partial charge on any atom is -0.481 e. The van der Waals surface area contributed by atoms with Gasteiger partial charge in [-0.15, -0.1) is 11.8 Å². The molecule has 1 atom stereocenters. The summed E-state index contributed by atoms with van der Waals surface area (Å²) in [5, 5.41) is 27.5. The van der Waals surface area contributed by atoms with Crippen molar-refractivity contribution >= 4 is 29.7 Å². The van der Waals surface area contributed by atoms with Gasteiger partial charge in [0.2, 0.25) is 0 Å². The smallest absolute Gasteiger partial charge is 0.335 e. The van der Waals surface area contributed by atoms with Crippen LogP contribution in [-0.4, -0.2) is 39.0 Å². The Hall–Kier alpha value is -2.02. The highest BCUT2D eigenvalue weighted by Crippen LogP contribution is 2.44. The standard InChI is InChI=1S/C13H12O6S/c14-10(15)6-13(12(18)19)3-4-20-9-2-1-7(11(16)17)5-8(9)13/h1-2,5H,3-4,6H2,(H,14,15)(H,16,17)(H,18,19). The van der Waals surface area contributed by atoms with Crippen LogP contribution < -0.4 is 0 Å². The number of aliphatic carboxylic acids is 2. The topological polar surface area (TPSA) is 112 Å². The summed E-state index contributed by atoms with van der Waals surface area (Å²) in [4.78, 5) is 34.3. The van der Waals surface area contributed by atoms with Crippen molar-refractivity contribution in [3.05, 3.63) is 29.3 Å².